The number of hydrogen-bond donors (Lipinski definition) is 7. The van der Waals surface area contributed by atoms with Crippen molar-refractivity contribution in [1.82, 2.24) is 16.0 Å². The van der Waals surface area contributed by atoms with Crippen LogP contribution in [0.3, 0.4) is 0 Å². The van der Waals surface area contributed by atoms with E-state index in [1.165, 1.54) is 38.1 Å². The number of hydrogen-bond acceptors (Lipinski definition) is 17. The number of carbonyl (C=O) groups is 7. The first-order valence-corrected chi connectivity index (χ1v) is 26.7. The van der Waals surface area contributed by atoms with Crippen LogP contribution in [0.5, 0.6) is 23.0 Å². The van der Waals surface area contributed by atoms with Gasteiger partial charge in [-0.25, -0.2) is 4.79 Å². The number of ether oxygens (including phenoxy) is 6. The second-order valence-electron chi connectivity index (χ2n) is 22.9. The minimum atomic E-state index is -1.86. The maximum atomic E-state index is 15.9. The molecule has 0 radical (unpaired) electrons. The predicted molar refractivity (Wildman–Crippen MR) is 283 cm³/mol. The number of allylic oxidation sites excluding steroid dienone is 5. The highest BCUT2D eigenvalue weighted by Crippen LogP contribution is 2.69. The number of aliphatic hydroxyl groups excluding tert-OH is 4. The van der Waals surface area contributed by atoms with Crippen LogP contribution < -0.4 is 34.9 Å². The quantitative estimate of drug-likeness (QED) is 0.0406. The number of imide groups is 1. The van der Waals surface area contributed by atoms with E-state index in [-0.39, 0.29) is 88.7 Å². The molecular formula is C59H69N3O17. The summed E-state index contributed by atoms with van der Waals surface area (Å²) in [6.07, 6.45) is 4.85. The van der Waals surface area contributed by atoms with Gasteiger partial charge in [-0.05, 0) is 131 Å². The number of aliphatic hydroxyl groups is 4. The van der Waals surface area contributed by atoms with E-state index in [0.717, 1.165) is 11.1 Å². The maximum Gasteiger partial charge on any atom is 0.333 e. The second-order valence-corrected chi connectivity index (χ2v) is 22.9. The number of carbonyl (C=O) groups excluding carboxylic acids is 7. The van der Waals surface area contributed by atoms with Gasteiger partial charge in [0.25, 0.3) is 5.91 Å². The molecule has 1 spiro atoms. The van der Waals surface area contributed by atoms with Gasteiger partial charge in [0.2, 0.25) is 24.0 Å². The van der Waals surface area contributed by atoms with Crippen molar-refractivity contribution >= 4 is 47.2 Å². The molecule has 7 unspecified atom stereocenters. The first-order chi connectivity index (χ1) is 37.2. The van der Waals surface area contributed by atoms with Crippen molar-refractivity contribution in [3.8, 4) is 23.0 Å². The Kier molecular flexibility index (Phi) is 15.4. The number of benzene rings is 2. The maximum absolute atomic E-state index is 15.9. The lowest BCUT2D eigenvalue weighted by Gasteiger charge is -2.56. The highest BCUT2D eigenvalue weighted by molar-refractivity contribution is 6.19. The van der Waals surface area contributed by atoms with Crippen molar-refractivity contribution < 1.29 is 82.4 Å². The van der Waals surface area contributed by atoms with Crippen LogP contribution in [0.4, 0.5) is 0 Å². The SMILES string of the molecule is CC(C)=CCCC1(C)C=Cc2c(c(CC=C(C)C)c3c(c2OC(=O)C(C)NC(=O)c2ccc(O[C@@H]4O[C@H](CO)[C@@H](O)[C@@H](O)[C@H]4O)cc2)C(=O)C2=CC4CC5C(C)(C)OC(CC=C(C)C(=O)NC6CCC(=O)NC6=O)(C4=O)C25O3)O1. The zero-order valence-electron chi connectivity index (χ0n) is 45.7. The van der Waals surface area contributed by atoms with Gasteiger partial charge in [-0.1, -0.05) is 35.5 Å². The number of piperidine rings is 1. The normalized spacial score (nSPS) is 31.2. The summed E-state index contributed by atoms with van der Waals surface area (Å²) < 4.78 is 38.9. The van der Waals surface area contributed by atoms with Gasteiger partial charge in [0.1, 0.15) is 64.9 Å². The molecule has 1 saturated carbocycles. The molecule has 2 aromatic rings. The molecule has 3 saturated heterocycles. The Balaban J connectivity index is 1.08. The predicted octanol–water partition coefficient (Wildman–Crippen LogP) is 4.27. The van der Waals surface area contributed by atoms with Gasteiger partial charge in [-0.3, -0.25) is 34.1 Å². The molecule has 20 nitrogen and oxygen atoms in total. The van der Waals surface area contributed by atoms with E-state index in [2.05, 4.69) is 22.0 Å². The van der Waals surface area contributed by atoms with Crippen LogP contribution in [-0.2, 0) is 39.9 Å². The lowest BCUT2D eigenvalue weighted by atomic mass is 9.51. The molecule has 2 aromatic carbocycles. The minimum Gasteiger partial charge on any atom is -0.482 e. The lowest BCUT2D eigenvalue weighted by molar-refractivity contribution is -0.277. The molecule has 10 rings (SSSR count). The molecule has 0 aromatic heterocycles. The molecule has 4 bridgehead atoms. The van der Waals surface area contributed by atoms with E-state index >= 15 is 9.59 Å². The van der Waals surface area contributed by atoms with Crippen LogP contribution in [0.25, 0.3) is 6.08 Å². The fourth-order valence-electron chi connectivity index (χ4n) is 11.9. The fourth-order valence-corrected chi connectivity index (χ4v) is 11.9. The Hall–Kier alpha value is -6.81. The number of fused-ring (bicyclic) bond motifs is 2. The Labute approximate surface area is 457 Å². The number of nitrogens with one attached hydrogen (secondary N) is 3. The van der Waals surface area contributed by atoms with Crippen LogP contribution in [0.1, 0.15) is 133 Å². The van der Waals surface area contributed by atoms with Crippen molar-refractivity contribution in [2.24, 2.45) is 11.8 Å². The summed E-state index contributed by atoms with van der Waals surface area (Å²) >= 11 is 0. The summed E-state index contributed by atoms with van der Waals surface area (Å²) in [5.41, 5.74) is -2.56. The Bertz CT molecular complexity index is 3050. The van der Waals surface area contributed by atoms with Crippen molar-refractivity contribution in [3.63, 3.8) is 0 Å². The molecular weight excluding hydrogens is 1020 g/mol. The van der Waals surface area contributed by atoms with Gasteiger partial charge >= 0.3 is 5.97 Å². The average molecular weight is 1090 g/mol. The second kappa shape index (κ2) is 21.3. The lowest BCUT2D eigenvalue weighted by Crippen LogP contribution is -2.72. The average Bonchev–Trinajstić information content (AvgIpc) is 3.77. The van der Waals surface area contributed by atoms with Crippen LogP contribution in [0.2, 0.25) is 0 Å². The third kappa shape index (κ3) is 10.2. The molecule has 12 atom stereocenters. The standard InChI is InChI=1S/C59H69N3O17/c1-28(2)11-10-22-57(9)23-21-36-47(77-57)35(17-12-29(3)4)49-42(48(36)76-54(73)31(6)60-52(71)32-13-15-34(16-14-32)74-55-46(68)45(67)44(66)39(27-63)75-55)43(65)37-25-33-26-40-56(7,8)79-58(50(33)69,59(37,40)78-49)24-20-30(5)51(70)61-38-18-19-41(64)62-53(38)72/h11-16,20-21,23,25,31,33,38-40,44-46,55,63,66-68H,10,17-19,22,24,26-27H2,1-9H3,(H,60,71)(H,61,70)(H,62,64,72)/t31?,33?,38?,39-,40?,44-,45-,46-,55-,57?,58?,59?/m1/s1. The zero-order valence-corrected chi connectivity index (χ0v) is 45.7. The van der Waals surface area contributed by atoms with Crippen molar-refractivity contribution in [2.75, 3.05) is 6.61 Å². The molecule has 8 aliphatic rings. The highest BCUT2D eigenvalue weighted by Gasteiger charge is 2.81. The van der Waals surface area contributed by atoms with Crippen molar-refractivity contribution in [2.45, 2.75) is 172 Å². The topological polar surface area (TPSA) is 292 Å². The Morgan fingerprint density at radius 1 is 0.911 bits per heavy atom. The third-order valence-corrected chi connectivity index (χ3v) is 16.2. The molecule has 3 aliphatic carbocycles. The molecule has 4 amide bonds. The van der Waals surface area contributed by atoms with Crippen molar-refractivity contribution in [1.29, 1.82) is 0 Å². The number of esters is 1. The number of ketones is 2. The minimum absolute atomic E-state index is 0.0194. The van der Waals surface area contributed by atoms with Gasteiger partial charge in [0, 0.05) is 47.0 Å². The zero-order chi connectivity index (χ0) is 57.3. The van der Waals surface area contributed by atoms with E-state index in [1.807, 2.05) is 60.6 Å². The molecule has 7 N–H and O–H groups in total. The van der Waals surface area contributed by atoms with Gasteiger partial charge in [-0.15, -0.1) is 0 Å². The molecule has 20 heteroatoms. The number of amides is 4. The van der Waals surface area contributed by atoms with Crippen LogP contribution in [-0.4, -0.2) is 133 Å². The summed E-state index contributed by atoms with van der Waals surface area (Å²) in [6.45, 7) is 15.7. The first-order valence-electron chi connectivity index (χ1n) is 26.7. The summed E-state index contributed by atoms with van der Waals surface area (Å²) in [7, 11) is 0. The first kappa shape index (κ1) is 56.9. The monoisotopic (exact) mass is 1090 g/mol. The smallest absolute Gasteiger partial charge is 0.333 e. The highest BCUT2D eigenvalue weighted by atomic mass is 16.7. The van der Waals surface area contributed by atoms with E-state index < -0.39 is 119 Å². The van der Waals surface area contributed by atoms with Gasteiger partial charge in [-0.2, -0.15) is 0 Å². The summed E-state index contributed by atoms with van der Waals surface area (Å²) in [4.78, 5) is 97.4. The summed E-state index contributed by atoms with van der Waals surface area (Å²) in [6, 6.07) is 3.23. The third-order valence-electron chi connectivity index (χ3n) is 16.2. The molecule has 5 heterocycles. The summed E-state index contributed by atoms with van der Waals surface area (Å²) in [5, 5.41) is 48.0. The Morgan fingerprint density at radius 2 is 1.62 bits per heavy atom. The molecule has 422 valence electrons. The van der Waals surface area contributed by atoms with Crippen molar-refractivity contribution in [3.05, 3.63) is 99.2 Å². The Morgan fingerprint density at radius 3 is 2.29 bits per heavy atom. The van der Waals surface area contributed by atoms with Gasteiger partial charge in [0.15, 0.2) is 28.5 Å². The molecule has 5 aliphatic heterocycles. The largest absolute Gasteiger partial charge is 0.482 e. The van der Waals surface area contributed by atoms with E-state index in [9.17, 15) is 44.4 Å². The van der Waals surface area contributed by atoms with Crippen LogP contribution in [0, 0.1) is 11.8 Å². The van der Waals surface area contributed by atoms with Gasteiger partial charge < -0.3 is 59.5 Å². The van der Waals surface area contributed by atoms with Crippen LogP contribution in [0.15, 0.2) is 76.9 Å². The summed E-state index contributed by atoms with van der Waals surface area (Å²) in [5.74, 6) is -5.43. The van der Waals surface area contributed by atoms with E-state index in [4.69, 9.17) is 28.4 Å². The molecule has 4 fully saturated rings. The van der Waals surface area contributed by atoms with E-state index in [1.54, 1.807) is 18.2 Å². The van der Waals surface area contributed by atoms with E-state index in [0.29, 0.717) is 18.4 Å². The number of rotatable bonds is 16. The molecule has 79 heavy (non-hydrogen) atoms. The fraction of sp³-hybridized carbons (Fsp3) is 0.508. The van der Waals surface area contributed by atoms with Gasteiger partial charge in [0.05, 0.1) is 17.8 Å². The number of Topliss-reactive ketones (excluding diaryl/α,β-unsaturated/α-hetero) is 2. The van der Waals surface area contributed by atoms with Crippen LogP contribution >= 0.6 is 0 Å².